The largest absolute Gasteiger partial charge is 0.436 e. The Bertz CT molecular complexity index is 764. The van der Waals surface area contributed by atoms with E-state index in [0.29, 0.717) is 23.2 Å². The van der Waals surface area contributed by atoms with E-state index in [-0.39, 0.29) is 5.91 Å². The smallest absolute Gasteiger partial charge is 0.252 e. The minimum Gasteiger partial charge on any atom is -0.436 e. The Morgan fingerprint density at radius 3 is 2.68 bits per heavy atom. The predicted octanol–water partition coefficient (Wildman–Crippen LogP) is 3.66. The van der Waals surface area contributed by atoms with E-state index in [4.69, 9.17) is 4.74 Å². The van der Waals surface area contributed by atoms with Gasteiger partial charge >= 0.3 is 0 Å². The number of carbonyl (C=O) groups is 1. The fraction of sp³-hybridized carbons (Fsp3) is 0.476. The zero-order chi connectivity index (χ0) is 19.6. The number of para-hydroxylation sites is 1. The van der Waals surface area contributed by atoms with Crippen LogP contribution in [-0.2, 0) is 4.79 Å². The maximum atomic E-state index is 12.2. The maximum Gasteiger partial charge on any atom is 0.252 e. The Hall–Kier alpha value is -2.12. The first-order valence-corrected chi connectivity index (χ1v) is 10.9. The summed E-state index contributed by atoms with van der Waals surface area (Å²) in [5, 5.41) is 3.63. The maximum absolute atomic E-state index is 12.2. The SMILES string of the molecule is Cc1ccccc1Oc1nccnc1SCC(=O)NCCN1CCCCCC1. The highest BCUT2D eigenvalue weighted by molar-refractivity contribution is 8.00. The van der Waals surface area contributed by atoms with E-state index in [1.165, 1.54) is 37.4 Å². The number of carbonyl (C=O) groups excluding carboxylic acids is 1. The van der Waals surface area contributed by atoms with Crippen LogP contribution in [0.2, 0.25) is 0 Å². The number of ether oxygens (including phenoxy) is 1. The molecule has 3 rings (SSSR count). The normalized spacial score (nSPS) is 15.0. The summed E-state index contributed by atoms with van der Waals surface area (Å²) in [5.41, 5.74) is 1.02. The van der Waals surface area contributed by atoms with Crippen molar-refractivity contribution in [3.05, 3.63) is 42.2 Å². The molecule has 1 N–H and O–H groups in total. The zero-order valence-corrected chi connectivity index (χ0v) is 17.2. The van der Waals surface area contributed by atoms with Crippen molar-refractivity contribution in [1.29, 1.82) is 0 Å². The van der Waals surface area contributed by atoms with Gasteiger partial charge in [0, 0.05) is 25.5 Å². The summed E-state index contributed by atoms with van der Waals surface area (Å²) < 4.78 is 5.91. The van der Waals surface area contributed by atoms with Gasteiger partial charge in [0.2, 0.25) is 5.91 Å². The lowest BCUT2D eigenvalue weighted by molar-refractivity contribution is -0.118. The monoisotopic (exact) mass is 400 g/mol. The van der Waals surface area contributed by atoms with E-state index in [0.717, 1.165) is 30.9 Å². The van der Waals surface area contributed by atoms with Crippen molar-refractivity contribution in [3.8, 4) is 11.6 Å². The van der Waals surface area contributed by atoms with Gasteiger partial charge in [-0.25, -0.2) is 9.97 Å². The lowest BCUT2D eigenvalue weighted by Crippen LogP contribution is -2.36. The molecular weight excluding hydrogens is 372 g/mol. The number of aryl methyl sites for hydroxylation is 1. The number of thioether (sulfide) groups is 1. The van der Waals surface area contributed by atoms with Crippen molar-refractivity contribution in [1.82, 2.24) is 20.2 Å². The number of hydrogen-bond donors (Lipinski definition) is 1. The summed E-state index contributed by atoms with van der Waals surface area (Å²) in [6.45, 7) is 5.87. The van der Waals surface area contributed by atoms with Crippen molar-refractivity contribution < 1.29 is 9.53 Å². The molecule has 1 saturated heterocycles. The molecule has 1 aromatic carbocycles. The first kappa shape index (κ1) is 20.6. The van der Waals surface area contributed by atoms with E-state index >= 15 is 0 Å². The molecule has 1 aliphatic heterocycles. The summed E-state index contributed by atoms with van der Waals surface area (Å²) in [4.78, 5) is 23.3. The molecule has 0 bridgehead atoms. The Labute approximate surface area is 171 Å². The third kappa shape index (κ3) is 6.49. The molecule has 0 aliphatic carbocycles. The molecular formula is C21H28N4O2S. The number of aromatic nitrogens is 2. The minimum absolute atomic E-state index is 0.00677. The molecule has 28 heavy (non-hydrogen) atoms. The van der Waals surface area contributed by atoms with E-state index in [1.54, 1.807) is 12.4 Å². The molecule has 6 nitrogen and oxygen atoms in total. The quantitative estimate of drug-likeness (QED) is 0.682. The first-order valence-electron chi connectivity index (χ1n) is 9.89. The third-order valence-electron chi connectivity index (χ3n) is 4.72. The van der Waals surface area contributed by atoms with Crippen LogP contribution in [-0.4, -0.2) is 52.7 Å². The average Bonchev–Trinajstić information content (AvgIpc) is 2.98. The van der Waals surface area contributed by atoms with Gasteiger partial charge in [-0.2, -0.15) is 0 Å². The Morgan fingerprint density at radius 1 is 1.14 bits per heavy atom. The standard InChI is InChI=1S/C21H28N4O2S/c1-17-8-4-5-9-18(17)27-20-21(24-11-10-23-20)28-16-19(26)22-12-15-25-13-6-2-3-7-14-25/h4-5,8-11H,2-3,6-7,12-16H2,1H3,(H,22,26). The lowest BCUT2D eigenvalue weighted by Gasteiger charge is -2.19. The van der Waals surface area contributed by atoms with Crippen LogP contribution >= 0.6 is 11.8 Å². The molecule has 1 aliphatic rings. The lowest BCUT2D eigenvalue weighted by atomic mass is 10.2. The van der Waals surface area contributed by atoms with Crippen molar-refractivity contribution >= 4 is 17.7 Å². The topological polar surface area (TPSA) is 67.3 Å². The van der Waals surface area contributed by atoms with Gasteiger partial charge in [-0.3, -0.25) is 4.79 Å². The summed E-state index contributed by atoms with van der Waals surface area (Å²) in [6, 6.07) is 7.76. The highest BCUT2D eigenvalue weighted by atomic mass is 32.2. The Balaban J connectivity index is 1.46. The second-order valence-electron chi connectivity index (χ2n) is 6.93. The number of hydrogen-bond acceptors (Lipinski definition) is 6. The summed E-state index contributed by atoms with van der Waals surface area (Å²) in [7, 11) is 0. The van der Waals surface area contributed by atoms with Crippen LogP contribution in [0, 0.1) is 6.92 Å². The van der Waals surface area contributed by atoms with Crippen LogP contribution < -0.4 is 10.1 Å². The molecule has 1 aromatic heterocycles. The van der Waals surface area contributed by atoms with Crippen LogP contribution in [0.3, 0.4) is 0 Å². The molecule has 2 heterocycles. The number of likely N-dealkylation sites (tertiary alicyclic amines) is 1. The van der Waals surface area contributed by atoms with Crippen molar-refractivity contribution in [2.24, 2.45) is 0 Å². The Kier molecular flexibility index (Phi) is 8.11. The van der Waals surface area contributed by atoms with Crippen molar-refractivity contribution in [2.75, 3.05) is 31.9 Å². The second-order valence-corrected chi connectivity index (χ2v) is 7.89. The molecule has 0 spiro atoms. The van der Waals surface area contributed by atoms with Crippen LogP contribution in [0.25, 0.3) is 0 Å². The minimum atomic E-state index is 0.00677. The molecule has 2 aromatic rings. The van der Waals surface area contributed by atoms with E-state index < -0.39 is 0 Å². The third-order valence-corrected chi connectivity index (χ3v) is 5.68. The van der Waals surface area contributed by atoms with Crippen molar-refractivity contribution in [3.63, 3.8) is 0 Å². The highest BCUT2D eigenvalue weighted by Crippen LogP contribution is 2.30. The molecule has 7 heteroatoms. The molecule has 0 atom stereocenters. The van der Waals surface area contributed by atoms with E-state index in [9.17, 15) is 4.79 Å². The van der Waals surface area contributed by atoms with E-state index in [2.05, 4.69) is 20.2 Å². The molecule has 0 radical (unpaired) electrons. The second kappa shape index (κ2) is 11.0. The predicted molar refractivity (Wildman–Crippen MR) is 112 cm³/mol. The van der Waals surface area contributed by atoms with Gasteiger partial charge in [-0.15, -0.1) is 0 Å². The number of nitrogens with zero attached hydrogens (tertiary/aromatic N) is 3. The average molecular weight is 401 g/mol. The molecule has 1 amide bonds. The zero-order valence-electron chi connectivity index (χ0n) is 16.4. The van der Waals surface area contributed by atoms with Crippen LogP contribution in [0.4, 0.5) is 0 Å². The summed E-state index contributed by atoms with van der Waals surface area (Å²) >= 11 is 1.35. The summed E-state index contributed by atoms with van der Waals surface area (Å²) in [5.74, 6) is 1.47. The van der Waals surface area contributed by atoms with E-state index in [1.807, 2.05) is 31.2 Å². The van der Waals surface area contributed by atoms with Gasteiger partial charge in [-0.1, -0.05) is 42.8 Å². The first-order chi connectivity index (χ1) is 13.7. The van der Waals surface area contributed by atoms with Gasteiger partial charge in [0.15, 0.2) is 5.03 Å². The van der Waals surface area contributed by atoms with Gasteiger partial charge in [-0.05, 0) is 44.5 Å². The molecule has 0 unspecified atom stereocenters. The van der Waals surface area contributed by atoms with Crippen LogP contribution in [0.5, 0.6) is 11.6 Å². The van der Waals surface area contributed by atoms with Gasteiger partial charge in [0.25, 0.3) is 5.88 Å². The molecule has 1 fully saturated rings. The van der Waals surface area contributed by atoms with Crippen molar-refractivity contribution in [2.45, 2.75) is 37.6 Å². The number of amides is 1. The highest BCUT2D eigenvalue weighted by Gasteiger charge is 2.13. The summed E-state index contributed by atoms with van der Waals surface area (Å²) in [6.07, 6.45) is 8.39. The van der Waals surface area contributed by atoms with Gasteiger partial charge in [0.05, 0.1) is 5.75 Å². The fourth-order valence-electron chi connectivity index (χ4n) is 3.15. The number of benzene rings is 1. The van der Waals surface area contributed by atoms with Crippen LogP contribution in [0.1, 0.15) is 31.2 Å². The van der Waals surface area contributed by atoms with Crippen LogP contribution in [0.15, 0.2) is 41.7 Å². The Morgan fingerprint density at radius 2 is 1.89 bits per heavy atom. The van der Waals surface area contributed by atoms with Gasteiger partial charge < -0.3 is 15.0 Å². The number of rotatable bonds is 8. The molecule has 150 valence electrons. The molecule has 0 saturated carbocycles. The fourth-order valence-corrected chi connectivity index (χ4v) is 3.88. The number of nitrogens with one attached hydrogen (secondary N) is 1. The van der Waals surface area contributed by atoms with Gasteiger partial charge in [0.1, 0.15) is 5.75 Å².